The molecule has 0 aliphatic rings. The third-order valence-corrected chi connectivity index (χ3v) is 4.59. The largest absolute Gasteiger partial charge is 0.573 e. The molecule has 3 aromatic rings. The van der Waals surface area contributed by atoms with Gasteiger partial charge in [0.1, 0.15) is 11.6 Å². The van der Waals surface area contributed by atoms with E-state index < -0.39 is 6.36 Å². The Hall–Kier alpha value is -3.04. The highest BCUT2D eigenvalue weighted by Crippen LogP contribution is 2.30. The van der Waals surface area contributed by atoms with Gasteiger partial charge in [-0.05, 0) is 49.7 Å². The first-order chi connectivity index (χ1) is 14.6. The van der Waals surface area contributed by atoms with Crippen LogP contribution < -0.4 is 15.4 Å². The van der Waals surface area contributed by atoms with Gasteiger partial charge in [0.05, 0.1) is 12.3 Å². The fourth-order valence-electron chi connectivity index (χ4n) is 2.71. The zero-order chi connectivity index (χ0) is 22.6. The normalized spacial score (nSPS) is 12.4. The summed E-state index contributed by atoms with van der Waals surface area (Å²) >= 11 is 6.07. The molecule has 0 aliphatic carbocycles. The van der Waals surface area contributed by atoms with Gasteiger partial charge in [0.15, 0.2) is 0 Å². The van der Waals surface area contributed by atoms with Gasteiger partial charge in [0, 0.05) is 28.4 Å². The van der Waals surface area contributed by atoms with Crippen LogP contribution in [0.25, 0.3) is 11.3 Å². The molecule has 0 aliphatic heterocycles. The van der Waals surface area contributed by atoms with E-state index in [4.69, 9.17) is 11.6 Å². The number of halogens is 4. The summed E-state index contributed by atoms with van der Waals surface area (Å²) in [5, 5.41) is 16.0. The molecule has 1 heterocycles. The molecular weight excluding hydrogens is 433 g/mol. The number of aliphatic hydroxyl groups excluding tert-OH is 1. The van der Waals surface area contributed by atoms with Crippen molar-refractivity contribution in [2.24, 2.45) is 0 Å². The molecule has 0 radical (unpaired) electrons. The summed E-state index contributed by atoms with van der Waals surface area (Å²) in [5.74, 6) is 0.251. The molecule has 164 valence electrons. The minimum atomic E-state index is -4.80. The van der Waals surface area contributed by atoms with E-state index in [0.29, 0.717) is 22.1 Å². The number of rotatable bonds is 7. The van der Waals surface area contributed by atoms with Crippen molar-refractivity contribution in [2.75, 3.05) is 17.2 Å². The van der Waals surface area contributed by atoms with Gasteiger partial charge in [-0.15, -0.1) is 13.2 Å². The lowest BCUT2D eigenvalue weighted by Crippen LogP contribution is -2.21. The van der Waals surface area contributed by atoms with Gasteiger partial charge in [0.25, 0.3) is 0 Å². The Morgan fingerprint density at radius 3 is 2.58 bits per heavy atom. The van der Waals surface area contributed by atoms with E-state index >= 15 is 0 Å². The highest BCUT2D eigenvalue weighted by atomic mass is 35.5. The van der Waals surface area contributed by atoms with Gasteiger partial charge in [0.2, 0.25) is 5.95 Å². The zero-order valence-electron chi connectivity index (χ0n) is 16.7. The number of aryl methyl sites for hydroxylation is 1. The quantitative estimate of drug-likeness (QED) is 0.437. The topological polar surface area (TPSA) is 79.3 Å². The third kappa shape index (κ3) is 6.47. The number of nitrogens with zero attached hydrogens (tertiary/aromatic N) is 2. The van der Waals surface area contributed by atoms with Crippen LogP contribution in [0.2, 0.25) is 5.02 Å². The predicted molar refractivity (Wildman–Crippen MR) is 114 cm³/mol. The summed E-state index contributed by atoms with van der Waals surface area (Å²) in [6.45, 7) is 3.45. The van der Waals surface area contributed by atoms with Crippen LogP contribution in [0.3, 0.4) is 0 Å². The number of ether oxygens (including phenoxy) is 1. The number of alkyl halides is 3. The van der Waals surface area contributed by atoms with Gasteiger partial charge in [-0.2, -0.15) is 4.98 Å². The molecule has 31 heavy (non-hydrogen) atoms. The minimum absolute atomic E-state index is 0.151. The van der Waals surface area contributed by atoms with Crippen molar-refractivity contribution in [3.63, 3.8) is 0 Å². The van der Waals surface area contributed by atoms with E-state index in [9.17, 15) is 18.3 Å². The molecule has 3 rings (SSSR count). The number of hydrogen-bond acceptors (Lipinski definition) is 6. The van der Waals surface area contributed by atoms with E-state index in [0.717, 1.165) is 11.3 Å². The minimum Gasteiger partial charge on any atom is -0.406 e. The summed E-state index contributed by atoms with van der Waals surface area (Å²) < 4.78 is 41.8. The molecule has 1 atom stereocenters. The van der Waals surface area contributed by atoms with Crippen LogP contribution in [0.5, 0.6) is 5.75 Å². The number of aromatic nitrogens is 2. The first-order valence-corrected chi connectivity index (χ1v) is 9.66. The number of hydrogen-bond donors (Lipinski definition) is 3. The Kier molecular flexibility index (Phi) is 6.87. The van der Waals surface area contributed by atoms with Crippen LogP contribution in [-0.4, -0.2) is 34.1 Å². The molecule has 0 amide bonds. The van der Waals surface area contributed by atoms with Crippen LogP contribution in [0.15, 0.2) is 48.5 Å². The molecular formula is C21H20ClF3N4O2. The van der Waals surface area contributed by atoms with Crippen molar-refractivity contribution in [1.29, 1.82) is 0 Å². The van der Waals surface area contributed by atoms with E-state index in [1.54, 1.807) is 31.2 Å². The maximum absolute atomic E-state index is 12.6. The molecule has 0 unspecified atom stereocenters. The lowest BCUT2D eigenvalue weighted by molar-refractivity contribution is -0.274. The third-order valence-electron chi connectivity index (χ3n) is 4.17. The Morgan fingerprint density at radius 2 is 1.90 bits per heavy atom. The maximum Gasteiger partial charge on any atom is 0.573 e. The van der Waals surface area contributed by atoms with Crippen LogP contribution in [0.4, 0.5) is 30.6 Å². The van der Waals surface area contributed by atoms with Gasteiger partial charge >= 0.3 is 6.36 Å². The average molecular weight is 453 g/mol. The zero-order valence-corrected chi connectivity index (χ0v) is 17.4. The molecule has 1 aromatic heterocycles. The molecule has 0 bridgehead atoms. The van der Waals surface area contributed by atoms with E-state index in [2.05, 4.69) is 25.3 Å². The fourth-order valence-corrected chi connectivity index (χ4v) is 2.83. The van der Waals surface area contributed by atoms with E-state index in [1.807, 2.05) is 13.0 Å². The van der Waals surface area contributed by atoms with Crippen LogP contribution in [0.1, 0.15) is 12.5 Å². The SMILES string of the molecule is Cc1cc(Nc2cc(-c3cccc(OC(F)(F)F)c3)nc(N[C@@H](C)CO)n2)ccc1Cl. The van der Waals surface area contributed by atoms with Crippen LogP contribution in [0, 0.1) is 6.92 Å². The Balaban J connectivity index is 1.99. The van der Waals surface area contributed by atoms with Crippen molar-refractivity contribution in [1.82, 2.24) is 9.97 Å². The van der Waals surface area contributed by atoms with Crippen molar-refractivity contribution in [3.8, 4) is 17.0 Å². The Morgan fingerprint density at radius 1 is 1.13 bits per heavy atom. The number of aliphatic hydroxyl groups is 1. The standard InChI is InChI=1S/C21H20ClF3N4O2/c1-12-8-15(6-7-17(12)22)27-19-10-18(28-20(29-19)26-13(2)11-30)14-4-3-5-16(9-14)31-21(23,24)25/h3-10,13,30H,11H2,1-2H3,(H2,26,27,28,29)/t13-/m0/s1. The average Bonchev–Trinajstić information content (AvgIpc) is 2.69. The fraction of sp³-hybridized carbons (Fsp3) is 0.238. The molecule has 6 nitrogen and oxygen atoms in total. The van der Waals surface area contributed by atoms with Gasteiger partial charge < -0.3 is 20.5 Å². The highest BCUT2D eigenvalue weighted by Gasteiger charge is 2.31. The van der Waals surface area contributed by atoms with Crippen molar-refractivity contribution < 1.29 is 23.0 Å². The second kappa shape index (κ2) is 9.40. The van der Waals surface area contributed by atoms with Crippen molar-refractivity contribution in [3.05, 3.63) is 59.1 Å². The molecule has 0 saturated carbocycles. The first kappa shape index (κ1) is 22.6. The van der Waals surface area contributed by atoms with Crippen molar-refractivity contribution in [2.45, 2.75) is 26.3 Å². The molecule has 0 fully saturated rings. The van der Waals surface area contributed by atoms with Gasteiger partial charge in [-0.25, -0.2) is 4.98 Å². The van der Waals surface area contributed by atoms with Gasteiger partial charge in [-0.3, -0.25) is 0 Å². The Bertz CT molecular complexity index is 1060. The lowest BCUT2D eigenvalue weighted by atomic mass is 10.1. The van der Waals surface area contributed by atoms with E-state index in [1.165, 1.54) is 18.2 Å². The lowest BCUT2D eigenvalue weighted by Gasteiger charge is -2.15. The Labute approximate surface area is 182 Å². The number of nitrogens with one attached hydrogen (secondary N) is 2. The van der Waals surface area contributed by atoms with Crippen LogP contribution in [-0.2, 0) is 0 Å². The molecule has 0 spiro atoms. The van der Waals surface area contributed by atoms with Crippen LogP contribution >= 0.6 is 11.6 Å². The molecule has 10 heteroatoms. The number of anilines is 3. The van der Waals surface area contributed by atoms with Crippen molar-refractivity contribution >= 4 is 29.1 Å². The second-order valence-corrected chi connectivity index (χ2v) is 7.26. The summed E-state index contributed by atoms with van der Waals surface area (Å²) in [7, 11) is 0. The molecule has 0 saturated heterocycles. The smallest absolute Gasteiger partial charge is 0.406 e. The molecule has 3 N–H and O–H groups in total. The summed E-state index contributed by atoms with van der Waals surface area (Å²) in [6.07, 6.45) is -4.80. The summed E-state index contributed by atoms with van der Waals surface area (Å²) in [6, 6.07) is 12.1. The molecule has 2 aromatic carbocycles. The maximum atomic E-state index is 12.6. The first-order valence-electron chi connectivity index (χ1n) is 9.29. The second-order valence-electron chi connectivity index (χ2n) is 6.85. The van der Waals surface area contributed by atoms with E-state index in [-0.39, 0.29) is 24.3 Å². The summed E-state index contributed by atoms with van der Waals surface area (Å²) in [4.78, 5) is 8.76. The number of benzene rings is 2. The summed E-state index contributed by atoms with van der Waals surface area (Å²) in [5.41, 5.74) is 2.36. The van der Waals surface area contributed by atoms with Gasteiger partial charge in [-0.1, -0.05) is 23.7 Å². The monoisotopic (exact) mass is 452 g/mol. The highest BCUT2D eigenvalue weighted by molar-refractivity contribution is 6.31. The predicted octanol–water partition coefficient (Wildman–Crippen LogP) is 5.54.